The fraction of sp³-hybridized carbons (Fsp3) is 0.455. The van der Waals surface area contributed by atoms with Crippen molar-refractivity contribution in [1.82, 2.24) is 14.8 Å². The number of likely N-dealkylation sites (N-methyl/N-ethyl adjacent to an activating group) is 1. The second-order valence-electron chi connectivity index (χ2n) is 7.14. The van der Waals surface area contributed by atoms with E-state index in [0.29, 0.717) is 11.6 Å². The van der Waals surface area contributed by atoms with E-state index in [0.717, 1.165) is 32.7 Å². The van der Waals surface area contributed by atoms with E-state index in [9.17, 15) is 4.79 Å². The molecule has 1 fully saturated rings. The number of esters is 1. The van der Waals surface area contributed by atoms with Crippen LogP contribution in [0.4, 0.5) is 0 Å². The smallest absolute Gasteiger partial charge is 0.337 e. The Hall–Kier alpha value is -2.24. The highest BCUT2D eigenvalue weighted by atomic mass is 16.5. The van der Waals surface area contributed by atoms with E-state index in [1.165, 1.54) is 31.1 Å². The standard InChI is InChI=1S/C22H29N3O2/c1-3-25(16-19-10-12-23-13-11-19)21-5-4-14-24(17-21)15-18-6-8-20(9-7-18)22(26)27-2/h6-13,21H,3-5,14-17H2,1-2H3. The molecule has 144 valence electrons. The number of nitrogens with zero attached hydrogens (tertiary/aromatic N) is 3. The highest BCUT2D eigenvalue weighted by Crippen LogP contribution is 2.20. The van der Waals surface area contributed by atoms with E-state index >= 15 is 0 Å². The van der Waals surface area contributed by atoms with Crippen molar-refractivity contribution in [2.75, 3.05) is 26.7 Å². The summed E-state index contributed by atoms with van der Waals surface area (Å²) in [7, 11) is 1.41. The van der Waals surface area contributed by atoms with Gasteiger partial charge in [0.15, 0.2) is 0 Å². The van der Waals surface area contributed by atoms with Crippen LogP contribution in [-0.2, 0) is 17.8 Å². The van der Waals surface area contributed by atoms with Gasteiger partial charge in [-0.1, -0.05) is 19.1 Å². The van der Waals surface area contributed by atoms with Gasteiger partial charge < -0.3 is 4.74 Å². The number of benzene rings is 1. The summed E-state index contributed by atoms with van der Waals surface area (Å²) < 4.78 is 4.77. The van der Waals surface area contributed by atoms with Gasteiger partial charge in [0.1, 0.15) is 0 Å². The van der Waals surface area contributed by atoms with Gasteiger partial charge in [0.25, 0.3) is 0 Å². The first kappa shape index (κ1) is 19.5. The van der Waals surface area contributed by atoms with E-state index in [1.807, 2.05) is 36.7 Å². The Morgan fingerprint density at radius 1 is 1.19 bits per heavy atom. The van der Waals surface area contributed by atoms with Crippen LogP contribution in [0.5, 0.6) is 0 Å². The molecule has 1 unspecified atom stereocenters. The quantitative estimate of drug-likeness (QED) is 0.702. The number of hydrogen-bond acceptors (Lipinski definition) is 5. The number of rotatable bonds is 7. The molecule has 0 bridgehead atoms. The lowest BCUT2D eigenvalue weighted by atomic mass is 10.0. The highest BCUT2D eigenvalue weighted by Gasteiger charge is 2.24. The van der Waals surface area contributed by atoms with Gasteiger partial charge in [0.2, 0.25) is 0 Å². The monoisotopic (exact) mass is 367 g/mol. The van der Waals surface area contributed by atoms with Gasteiger partial charge in [-0.25, -0.2) is 4.79 Å². The van der Waals surface area contributed by atoms with Crippen LogP contribution in [0.3, 0.4) is 0 Å². The van der Waals surface area contributed by atoms with Gasteiger partial charge in [0.05, 0.1) is 12.7 Å². The SMILES string of the molecule is CCN(Cc1ccncc1)C1CCCN(Cc2ccc(C(=O)OC)cc2)C1. The minimum atomic E-state index is -0.283. The maximum atomic E-state index is 11.6. The Morgan fingerprint density at radius 3 is 2.59 bits per heavy atom. The first-order valence-electron chi connectivity index (χ1n) is 9.72. The molecule has 5 heteroatoms. The van der Waals surface area contributed by atoms with Gasteiger partial charge in [0, 0.05) is 38.1 Å². The summed E-state index contributed by atoms with van der Waals surface area (Å²) in [5.41, 5.74) is 3.16. The Kier molecular flexibility index (Phi) is 6.96. The van der Waals surface area contributed by atoms with Crippen molar-refractivity contribution in [3.8, 4) is 0 Å². The van der Waals surface area contributed by atoms with Gasteiger partial charge >= 0.3 is 5.97 Å². The number of carbonyl (C=O) groups excluding carboxylic acids is 1. The second kappa shape index (κ2) is 9.62. The predicted octanol–water partition coefficient (Wildman–Crippen LogP) is 3.35. The molecule has 1 atom stereocenters. The summed E-state index contributed by atoms with van der Waals surface area (Å²) in [6, 6.07) is 12.5. The zero-order valence-corrected chi connectivity index (χ0v) is 16.3. The van der Waals surface area contributed by atoms with Crippen molar-refractivity contribution in [1.29, 1.82) is 0 Å². The molecule has 1 saturated heterocycles. The number of methoxy groups -OCH3 is 1. The fourth-order valence-electron chi connectivity index (χ4n) is 3.82. The molecule has 2 heterocycles. The van der Waals surface area contributed by atoms with Gasteiger partial charge in [-0.15, -0.1) is 0 Å². The third-order valence-electron chi connectivity index (χ3n) is 5.32. The number of pyridine rings is 1. The maximum absolute atomic E-state index is 11.6. The molecule has 1 aromatic carbocycles. The summed E-state index contributed by atoms with van der Waals surface area (Å²) in [5, 5.41) is 0. The average molecular weight is 367 g/mol. The van der Waals surface area contributed by atoms with E-state index in [-0.39, 0.29) is 5.97 Å². The lowest BCUT2D eigenvalue weighted by Gasteiger charge is -2.39. The molecule has 1 aliphatic heterocycles. The molecule has 0 spiro atoms. The van der Waals surface area contributed by atoms with E-state index in [1.54, 1.807) is 0 Å². The Bertz CT molecular complexity index is 718. The Labute approximate surface area is 162 Å². The van der Waals surface area contributed by atoms with Crippen molar-refractivity contribution >= 4 is 5.97 Å². The first-order chi connectivity index (χ1) is 13.2. The summed E-state index contributed by atoms with van der Waals surface area (Å²) in [4.78, 5) is 20.8. The highest BCUT2D eigenvalue weighted by molar-refractivity contribution is 5.89. The Balaban J connectivity index is 1.59. The van der Waals surface area contributed by atoms with Crippen LogP contribution >= 0.6 is 0 Å². The average Bonchev–Trinajstić information content (AvgIpc) is 2.73. The van der Waals surface area contributed by atoms with Gasteiger partial charge in [-0.2, -0.15) is 0 Å². The minimum Gasteiger partial charge on any atom is -0.465 e. The second-order valence-corrected chi connectivity index (χ2v) is 7.14. The molecule has 5 nitrogen and oxygen atoms in total. The van der Waals surface area contributed by atoms with Crippen molar-refractivity contribution < 1.29 is 9.53 Å². The van der Waals surface area contributed by atoms with Crippen molar-refractivity contribution in [3.05, 3.63) is 65.5 Å². The van der Waals surface area contributed by atoms with Gasteiger partial charge in [-0.05, 0) is 61.3 Å². The minimum absolute atomic E-state index is 0.283. The molecule has 0 amide bonds. The van der Waals surface area contributed by atoms with Crippen LogP contribution in [0.15, 0.2) is 48.8 Å². The zero-order valence-electron chi connectivity index (χ0n) is 16.3. The first-order valence-corrected chi connectivity index (χ1v) is 9.72. The summed E-state index contributed by atoms with van der Waals surface area (Å²) in [6.07, 6.45) is 6.21. The van der Waals surface area contributed by atoms with Gasteiger partial charge in [-0.3, -0.25) is 14.8 Å². The Morgan fingerprint density at radius 2 is 1.93 bits per heavy atom. The third kappa shape index (κ3) is 5.37. The molecule has 1 aliphatic rings. The van der Waals surface area contributed by atoms with E-state index < -0.39 is 0 Å². The van der Waals surface area contributed by atoms with Crippen LogP contribution < -0.4 is 0 Å². The van der Waals surface area contributed by atoms with Crippen molar-refractivity contribution in [3.63, 3.8) is 0 Å². The van der Waals surface area contributed by atoms with Crippen LogP contribution in [-0.4, -0.2) is 53.5 Å². The van der Waals surface area contributed by atoms with E-state index in [4.69, 9.17) is 4.74 Å². The molecule has 0 radical (unpaired) electrons. The molecule has 1 aromatic heterocycles. The summed E-state index contributed by atoms with van der Waals surface area (Å²) in [6.45, 7) is 7.40. The zero-order chi connectivity index (χ0) is 19.1. The van der Waals surface area contributed by atoms with Crippen LogP contribution in [0.25, 0.3) is 0 Å². The molecule has 0 saturated carbocycles. The molecule has 0 aliphatic carbocycles. The molecule has 2 aromatic rings. The normalized spacial score (nSPS) is 17.8. The van der Waals surface area contributed by atoms with Crippen LogP contribution in [0.2, 0.25) is 0 Å². The van der Waals surface area contributed by atoms with E-state index in [2.05, 4.69) is 33.8 Å². The topological polar surface area (TPSA) is 45.7 Å². The van der Waals surface area contributed by atoms with Crippen LogP contribution in [0, 0.1) is 0 Å². The third-order valence-corrected chi connectivity index (χ3v) is 5.32. The molecule has 3 rings (SSSR count). The number of ether oxygens (including phenoxy) is 1. The molecular formula is C22H29N3O2. The fourth-order valence-corrected chi connectivity index (χ4v) is 3.82. The largest absolute Gasteiger partial charge is 0.465 e. The summed E-state index contributed by atoms with van der Waals surface area (Å²) >= 11 is 0. The lowest BCUT2D eigenvalue weighted by Crippen LogP contribution is -2.47. The predicted molar refractivity (Wildman–Crippen MR) is 106 cm³/mol. The van der Waals surface area contributed by atoms with Crippen molar-refractivity contribution in [2.45, 2.75) is 38.9 Å². The molecule has 27 heavy (non-hydrogen) atoms. The number of aromatic nitrogens is 1. The van der Waals surface area contributed by atoms with Crippen LogP contribution in [0.1, 0.15) is 41.3 Å². The van der Waals surface area contributed by atoms with Crippen molar-refractivity contribution in [2.24, 2.45) is 0 Å². The number of likely N-dealkylation sites (tertiary alicyclic amines) is 1. The molecule has 0 N–H and O–H groups in total. The maximum Gasteiger partial charge on any atom is 0.337 e. The number of piperidine rings is 1. The number of hydrogen-bond donors (Lipinski definition) is 0. The molecular weight excluding hydrogens is 338 g/mol. The summed E-state index contributed by atoms with van der Waals surface area (Å²) in [5.74, 6) is -0.283. The number of carbonyl (C=O) groups is 1. The lowest BCUT2D eigenvalue weighted by molar-refractivity contribution is 0.0600.